The van der Waals surface area contributed by atoms with E-state index in [1.165, 1.54) is 4.31 Å². The van der Waals surface area contributed by atoms with E-state index in [2.05, 4.69) is 14.7 Å². The zero-order valence-electron chi connectivity index (χ0n) is 18.3. The average Bonchev–Trinajstić information content (AvgIpc) is 2.85. The molecule has 1 saturated heterocycles. The van der Waals surface area contributed by atoms with Gasteiger partial charge in [0.25, 0.3) is 10.0 Å². The molecule has 0 aliphatic carbocycles. The number of sulfonamides is 1. The van der Waals surface area contributed by atoms with Crippen LogP contribution in [0, 0.1) is 6.92 Å². The summed E-state index contributed by atoms with van der Waals surface area (Å²) >= 11 is 0. The molecule has 1 aliphatic rings. The van der Waals surface area contributed by atoms with Gasteiger partial charge in [0.2, 0.25) is 0 Å². The number of aryl methyl sites for hydroxylation is 1. The summed E-state index contributed by atoms with van der Waals surface area (Å²) in [6, 6.07) is 20.1. The SMILES string of the molecule is Cc1ccc(NS(=O)c2ccc(N3CCOCS3(=O)=O)cc2)cc1-c1ncc2ccccc2n1. The highest BCUT2D eigenvalue weighted by Gasteiger charge is 2.26. The first-order chi connectivity index (χ1) is 16.4. The third kappa shape index (κ3) is 4.52. The lowest BCUT2D eigenvalue weighted by atomic mass is 10.1. The van der Waals surface area contributed by atoms with Crippen LogP contribution in [-0.4, -0.2) is 41.7 Å². The Morgan fingerprint density at radius 3 is 2.65 bits per heavy atom. The van der Waals surface area contributed by atoms with Gasteiger partial charge in [0.05, 0.1) is 29.3 Å². The van der Waals surface area contributed by atoms with Crippen LogP contribution in [0.5, 0.6) is 0 Å². The fraction of sp³-hybridized carbons (Fsp3) is 0.167. The normalized spacial score (nSPS) is 16.3. The highest BCUT2D eigenvalue weighted by atomic mass is 32.2. The monoisotopic (exact) mass is 494 g/mol. The Hall–Kier alpha value is -3.34. The van der Waals surface area contributed by atoms with Gasteiger partial charge < -0.3 is 9.46 Å². The molecule has 0 amide bonds. The van der Waals surface area contributed by atoms with E-state index < -0.39 is 21.0 Å². The molecular weight excluding hydrogens is 472 g/mol. The molecule has 4 aromatic rings. The second-order valence-corrected chi connectivity index (χ2v) is 10.9. The quantitative estimate of drug-likeness (QED) is 0.452. The lowest BCUT2D eigenvalue weighted by Crippen LogP contribution is -2.41. The minimum Gasteiger partial charge on any atom is -0.362 e. The molecule has 0 spiro atoms. The second-order valence-electron chi connectivity index (χ2n) is 7.86. The summed E-state index contributed by atoms with van der Waals surface area (Å²) in [7, 11) is -5.04. The maximum absolute atomic E-state index is 13.0. The Kier molecular flexibility index (Phi) is 6.03. The Morgan fingerprint density at radius 1 is 1.06 bits per heavy atom. The van der Waals surface area contributed by atoms with E-state index in [4.69, 9.17) is 4.74 Å². The minimum absolute atomic E-state index is 0.256. The van der Waals surface area contributed by atoms with Crippen molar-refractivity contribution in [2.45, 2.75) is 11.8 Å². The molecule has 1 N–H and O–H groups in total. The van der Waals surface area contributed by atoms with Gasteiger partial charge in [-0.25, -0.2) is 22.6 Å². The van der Waals surface area contributed by atoms with Crippen molar-refractivity contribution in [3.05, 3.63) is 78.5 Å². The summed E-state index contributed by atoms with van der Waals surface area (Å²) in [5.41, 5.74) is 3.89. The molecule has 1 atom stereocenters. The van der Waals surface area contributed by atoms with Gasteiger partial charge in [-0.1, -0.05) is 24.3 Å². The lowest BCUT2D eigenvalue weighted by molar-refractivity contribution is 0.175. The predicted molar refractivity (Wildman–Crippen MR) is 133 cm³/mol. The first-order valence-corrected chi connectivity index (χ1v) is 13.4. The molecule has 5 rings (SSSR count). The predicted octanol–water partition coefficient (Wildman–Crippen LogP) is 3.86. The molecule has 1 fully saturated rings. The molecule has 1 aliphatic heterocycles. The number of nitrogens with zero attached hydrogens (tertiary/aromatic N) is 3. The number of hydrogen-bond donors (Lipinski definition) is 1. The van der Waals surface area contributed by atoms with E-state index >= 15 is 0 Å². The Labute approximate surface area is 200 Å². The summed E-state index contributed by atoms with van der Waals surface area (Å²) in [5.74, 6) is 0.264. The zero-order chi connectivity index (χ0) is 23.7. The van der Waals surface area contributed by atoms with Crippen LogP contribution < -0.4 is 9.03 Å². The van der Waals surface area contributed by atoms with Crippen molar-refractivity contribution in [2.75, 3.05) is 28.1 Å². The number of aromatic nitrogens is 2. The van der Waals surface area contributed by atoms with Crippen molar-refractivity contribution in [1.29, 1.82) is 0 Å². The van der Waals surface area contributed by atoms with Gasteiger partial charge in [-0.15, -0.1) is 0 Å². The van der Waals surface area contributed by atoms with E-state index in [0.29, 0.717) is 28.7 Å². The van der Waals surface area contributed by atoms with Crippen molar-refractivity contribution in [2.24, 2.45) is 0 Å². The highest BCUT2D eigenvalue weighted by Crippen LogP contribution is 2.27. The van der Waals surface area contributed by atoms with Crippen LogP contribution in [0.3, 0.4) is 0 Å². The van der Waals surface area contributed by atoms with E-state index in [1.807, 2.05) is 49.4 Å². The summed E-state index contributed by atoms with van der Waals surface area (Å²) in [4.78, 5) is 9.70. The Morgan fingerprint density at radius 2 is 1.85 bits per heavy atom. The number of rotatable bonds is 5. The van der Waals surface area contributed by atoms with Crippen molar-refractivity contribution < 1.29 is 17.4 Å². The average molecular weight is 495 g/mol. The van der Waals surface area contributed by atoms with Gasteiger partial charge in [-0.2, -0.15) is 0 Å². The molecule has 1 unspecified atom stereocenters. The number of anilines is 2. The largest absolute Gasteiger partial charge is 0.362 e. The molecule has 10 heteroatoms. The maximum atomic E-state index is 13.0. The van der Waals surface area contributed by atoms with Crippen LogP contribution >= 0.6 is 0 Å². The van der Waals surface area contributed by atoms with Crippen LogP contribution in [-0.2, 0) is 25.7 Å². The van der Waals surface area contributed by atoms with Crippen molar-refractivity contribution in [3.63, 3.8) is 0 Å². The van der Waals surface area contributed by atoms with Crippen LogP contribution in [0.1, 0.15) is 5.56 Å². The van der Waals surface area contributed by atoms with Crippen LogP contribution in [0.2, 0.25) is 0 Å². The van der Waals surface area contributed by atoms with E-state index in [1.54, 1.807) is 30.5 Å². The molecule has 0 radical (unpaired) electrons. The van der Waals surface area contributed by atoms with Crippen LogP contribution in [0.25, 0.3) is 22.3 Å². The molecule has 174 valence electrons. The first-order valence-electron chi connectivity index (χ1n) is 10.6. The fourth-order valence-electron chi connectivity index (χ4n) is 3.73. The van der Waals surface area contributed by atoms with Gasteiger partial charge in [-0.05, 0) is 55.0 Å². The summed E-state index contributed by atoms with van der Waals surface area (Å²) in [6.07, 6.45) is 1.80. The Balaban J connectivity index is 1.36. The van der Waals surface area contributed by atoms with Crippen molar-refractivity contribution in [3.8, 4) is 11.4 Å². The molecule has 1 aromatic heterocycles. The molecular formula is C24H22N4O4S2. The molecule has 34 heavy (non-hydrogen) atoms. The number of benzene rings is 3. The number of fused-ring (bicyclic) bond motifs is 1. The van der Waals surface area contributed by atoms with Crippen molar-refractivity contribution >= 4 is 43.3 Å². The summed E-state index contributed by atoms with van der Waals surface area (Å²) < 4.78 is 46.7. The van der Waals surface area contributed by atoms with E-state index in [9.17, 15) is 12.6 Å². The van der Waals surface area contributed by atoms with Crippen LogP contribution in [0.4, 0.5) is 11.4 Å². The zero-order valence-corrected chi connectivity index (χ0v) is 20.0. The first kappa shape index (κ1) is 22.5. The van der Waals surface area contributed by atoms with Crippen molar-refractivity contribution in [1.82, 2.24) is 9.97 Å². The number of ether oxygens (including phenoxy) is 1. The number of nitrogens with one attached hydrogen (secondary N) is 1. The van der Waals surface area contributed by atoms with Crippen LogP contribution in [0.15, 0.2) is 77.8 Å². The second kappa shape index (κ2) is 9.13. The summed E-state index contributed by atoms with van der Waals surface area (Å²) in [6.45, 7) is 2.57. The Bertz CT molecular complexity index is 1490. The smallest absolute Gasteiger partial charge is 0.259 e. The van der Waals surface area contributed by atoms with Gasteiger partial charge in [-0.3, -0.25) is 4.31 Å². The molecule has 0 saturated carbocycles. The minimum atomic E-state index is -3.50. The standard InChI is InChI=1S/C24H22N4O4S2/c1-17-6-7-19(14-22(17)24-25-15-18-4-2-3-5-23(18)26-24)27-33(29)21-10-8-20(9-11-21)28-12-13-32-16-34(28,30)31/h2-11,14-15,27H,12-13,16H2,1H3. The molecule has 8 nitrogen and oxygen atoms in total. The van der Waals surface area contributed by atoms with Gasteiger partial charge in [0.15, 0.2) is 11.8 Å². The third-order valence-corrected chi connectivity index (χ3v) is 8.17. The fourth-order valence-corrected chi connectivity index (χ4v) is 5.83. The lowest BCUT2D eigenvalue weighted by Gasteiger charge is -2.28. The van der Waals surface area contributed by atoms with Gasteiger partial charge in [0, 0.05) is 22.8 Å². The van der Waals surface area contributed by atoms with Gasteiger partial charge >= 0.3 is 0 Å². The molecule has 0 bridgehead atoms. The van der Waals surface area contributed by atoms with E-state index in [-0.39, 0.29) is 12.5 Å². The third-order valence-electron chi connectivity index (χ3n) is 5.52. The van der Waals surface area contributed by atoms with Gasteiger partial charge in [0.1, 0.15) is 11.0 Å². The highest BCUT2D eigenvalue weighted by molar-refractivity contribution is 7.92. The number of hydrogen-bond acceptors (Lipinski definition) is 6. The maximum Gasteiger partial charge on any atom is 0.259 e. The topological polar surface area (TPSA) is 101 Å². The number of para-hydroxylation sites is 1. The molecule has 2 heterocycles. The van der Waals surface area contributed by atoms with E-state index in [0.717, 1.165) is 22.0 Å². The molecule has 3 aromatic carbocycles. The summed E-state index contributed by atoms with van der Waals surface area (Å²) in [5, 5.41) is 0.965.